The minimum absolute atomic E-state index is 0.260. The average Bonchev–Trinajstić information content (AvgIpc) is 3.84. The van der Waals surface area contributed by atoms with Crippen LogP contribution in [0.5, 0.6) is 0 Å². The van der Waals surface area contributed by atoms with E-state index in [-0.39, 0.29) is 5.91 Å². The van der Waals surface area contributed by atoms with Crippen molar-refractivity contribution in [2.24, 2.45) is 0 Å². The molecule has 2 aliphatic carbocycles. The Bertz CT molecular complexity index is 1650. The van der Waals surface area contributed by atoms with Crippen LogP contribution in [-0.4, -0.2) is 150 Å². The molecule has 0 radical (unpaired) electrons. The van der Waals surface area contributed by atoms with Gasteiger partial charge in [-0.15, -0.1) is 0 Å². The topological polar surface area (TPSA) is 221 Å². The highest BCUT2D eigenvalue weighted by Gasteiger charge is 2.53. The van der Waals surface area contributed by atoms with Crippen LogP contribution >= 0.6 is 0 Å². The minimum atomic E-state index is -1.54. The number of nitrogens with zero attached hydrogens (tertiary/aromatic N) is 1. The zero-order chi connectivity index (χ0) is 35.5. The highest BCUT2D eigenvalue weighted by Crippen LogP contribution is 2.55. The van der Waals surface area contributed by atoms with E-state index in [2.05, 4.69) is 23.7 Å². The first-order valence-corrected chi connectivity index (χ1v) is 16.9. The maximum absolute atomic E-state index is 13.1. The van der Waals surface area contributed by atoms with Gasteiger partial charge in [-0.05, 0) is 72.2 Å². The van der Waals surface area contributed by atoms with Gasteiger partial charge in [0.05, 0.1) is 13.2 Å². The molecule has 0 aromatic heterocycles. The van der Waals surface area contributed by atoms with Crippen LogP contribution < -0.4 is 0 Å². The van der Waals surface area contributed by atoms with Crippen molar-refractivity contribution in [1.29, 1.82) is 0 Å². The maximum atomic E-state index is 13.1. The van der Waals surface area contributed by atoms with Gasteiger partial charge >= 0.3 is 0 Å². The summed E-state index contributed by atoms with van der Waals surface area (Å²) in [7, 11) is 0. The van der Waals surface area contributed by atoms with E-state index < -0.39 is 85.3 Å². The molecule has 50 heavy (non-hydrogen) atoms. The lowest BCUT2D eigenvalue weighted by molar-refractivity contribution is -0.214. The smallest absolute Gasteiger partial charge is 0.254 e. The number of piperidine rings is 1. The standard InChI is InChI=1S/C37H41NO12/c39-17-27-31(43)33(45)29(41)25(49-27)7-3-19-1-5-21-22-6-2-20(4-8-26-30(42)34(46)32(44)28(18-40)50-26)16-24(22)36(23(21)15-19)11-13-38(14-12-36)35(47)37(48)9-10-37/h1-2,5-6,15-16,25-34,39-46,48H,9-14,17-18H2. The number of carbonyl (C=O) groups excluding carboxylic acids is 1. The Balaban J connectivity index is 1.22. The van der Waals surface area contributed by atoms with Crippen LogP contribution in [0.15, 0.2) is 36.4 Å². The third-order valence-corrected chi connectivity index (χ3v) is 10.9. The fourth-order valence-electron chi connectivity index (χ4n) is 7.66. The Morgan fingerprint density at radius 3 is 1.52 bits per heavy atom. The van der Waals surface area contributed by atoms with E-state index in [0.29, 0.717) is 49.9 Å². The van der Waals surface area contributed by atoms with Crippen molar-refractivity contribution >= 4 is 5.91 Å². The number of amides is 1. The lowest BCUT2D eigenvalue weighted by Crippen LogP contribution is -2.58. The van der Waals surface area contributed by atoms with Crippen LogP contribution in [0.2, 0.25) is 0 Å². The van der Waals surface area contributed by atoms with Crippen LogP contribution in [0.4, 0.5) is 0 Å². The molecule has 13 heteroatoms. The molecule has 266 valence electrons. The lowest BCUT2D eigenvalue weighted by atomic mass is 9.70. The Morgan fingerprint density at radius 2 is 1.12 bits per heavy atom. The van der Waals surface area contributed by atoms with Crippen molar-refractivity contribution in [3.63, 3.8) is 0 Å². The van der Waals surface area contributed by atoms with Gasteiger partial charge in [0, 0.05) is 29.6 Å². The number of likely N-dealkylation sites (tertiary alicyclic amines) is 1. The summed E-state index contributed by atoms with van der Waals surface area (Å²) < 4.78 is 11.1. The van der Waals surface area contributed by atoms with Gasteiger partial charge in [0.2, 0.25) is 0 Å². The first-order chi connectivity index (χ1) is 23.9. The number of hydrogen-bond acceptors (Lipinski definition) is 12. The molecule has 1 saturated carbocycles. The van der Waals surface area contributed by atoms with Gasteiger partial charge in [-0.2, -0.15) is 0 Å². The van der Waals surface area contributed by atoms with E-state index >= 15 is 0 Å². The van der Waals surface area contributed by atoms with Crippen LogP contribution in [0.25, 0.3) is 11.1 Å². The normalized spacial score (nSPS) is 34.9. The average molecular weight is 692 g/mol. The second-order valence-electron chi connectivity index (χ2n) is 14.0. The first-order valence-electron chi connectivity index (χ1n) is 16.9. The van der Waals surface area contributed by atoms with Gasteiger partial charge in [0.25, 0.3) is 5.91 Å². The molecule has 10 unspecified atom stereocenters. The summed E-state index contributed by atoms with van der Waals surface area (Å²) in [6, 6.07) is 11.5. The Morgan fingerprint density at radius 1 is 0.680 bits per heavy atom. The third kappa shape index (κ3) is 5.92. The molecule has 2 aromatic carbocycles. The number of hydrogen-bond donors (Lipinski definition) is 9. The van der Waals surface area contributed by atoms with Crippen molar-refractivity contribution < 1.29 is 60.2 Å². The van der Waals surface area contributed by atoms with Crippen molar-refractivity contribution in [1.82, 2.24) is 4.90 Å². The molecule has 9 N–H and O–H groups in total. The van der Waals surface area contributed by atoms with Crippen molar-refractivity contribution in [3.05, 3.63) is 58.7 Å². The van der Waals surface area contributed by atoms with Crippen molar-refractivity contribution in [2.45, 2.75) is 97.7 Å². The highest BCUT2D eigenvalue weighted by molar-refractivity contribution is 5.88. The van der Waals surface area contributed by atoms with Crippen molar-refractivity contribution in [2.75, 3.05) is 26.3 Å². The maximum Gasteiger partial charge on any atom is 0.254 e. The SMILES string of the molecule is O=C(N1CCC2(CC1)c1cc(C#CC3OC(CO)C(O)C(O)C3O)ccc1-c1ccc(C#CC3OC(CO)C(O)C(O)C3O)cc12)C1(O)CC1. The molecule has 0 bridgehead atoms. The summed E-state index contributed by atoms with van der Waals surface area (Å²) in [6.07, 6.45) is -11.5. The van der Waals surface area contributed by atoms with Gasteiger partial charge in [0.1, 0.15) is 66.6 Å². The summed E-state index contributed by atoms with van der Waals surface area (Å²) in [6.45, 7) is -0.313. The molecule has 3 saturated heterocycles. The van der Waals surface area contributed by atoms with E-state index in [1.54, 1.807) is 4.90 Å². The summed E-state index contributed by atoms with van der Waals surface area (Å²) in [5, 5.41) is 91.3. The fourth-order valence-corrected chi connectivity index (χ4v) is 7.66. The van der Waals surface area contributed by atoms with Gasteiger partial charge in [-0.1, -0.05) is 35.8 Å². The summed E-state index contributed by atoms with van der Waals surface area (Å²) >= 11 is 0. The molecular weight excluding hydrogens is 650 g/mol. The highest BCUT2D eigenvalue weighted by atomic mass is 16.5. The van der Waals surface area contributed by atoms with E-state index in [4.69, 9.17) is 9.47 Å². The monoisotopic (exact) mass is 691 g/mol. The molecule has 13 nitrogen and oxygen atoms in total. The predicted molar refractivity (Wildman–Crippen MR) is 174 cm³/mol. The molecule has 3 heterocycles. The minimum Gasteiger partial charge on any atom is -0.394 e. The second-order valence-corrected chi connectivity index (χ2v) is 14.0. The van der Waals surface area contributed by atoms with Gasteiger partial charge < -0.3 is 60.3 Å². The first kappa shape index (κ1) is 35.0. The van der Waals surface area contributed by atoms with Crippen LogP contribution in [-0.2, 0) is 19.7 Å². The Labute approximate surface area is 288 Å². The fraction of sp³-hybridized carbons (Fsp3) is 0.541. The molecule has 1 amide bonds. The molecule has 2 aromatic rings. The van der Waals surface area contributed by atoms with E-state index in [1.165, 1.54) is 0 Å². The number of fused-ring (bicyclic) bond motifs is 5. The lowest BCUT2D eigenvalue weighted by Gasteiger charge is -2.41. The molecule has 1 spiro atoms. The molecule has 7 rings (SSSR count). The largest absolute Gasteiger partial charge is 0.394 e. The van der Waals surface area contributed by atoms with Crippen LogP contribution in [0.3, 0.4) is 0 Å². The molecule has 3 aliphatic heterocycles. The number of carbonyl (C=O) groups is 1. The number of benzene rings is 2. The number of aliphatic hydroxyl groups is 9. The summed E-state index contributed by atoms with van der Waals surface area (Å²) in [4.78, 5) is 14.8. The molecule has 5 aliphatic rings. The number of ether oxygens (including phenoxy) is 2. The predicted octanol–water partition coefficient (Wildman–Crippen LogP) is -2.51. The van der Waals surface area contributed by atoms with E-state index in [9.17, 15) is 50.8 Å². The quantitative estimate of drug-likeness (QED) is 0.153. The van der Waals surface area contributed by atoms with Crippen molar-refractivity contribution in [3.8, 4) is 34.8 Å². The van der Waals surface area contributed by atoms with Crippen LogP contribution in [0, 0.1) is 23.7 Å². The van der Waals surface area contributed by atoms with Gasteiger partial charge in [-0.3, -0.25) is 4.79 Å². The third-order valence-electron chi connectivity index (χ3n) is 10.9. The zero-order valence-corrected chi connectivity index (χ0v) is 27.1. The summed E-state index contributed by atoms with van der Waals surface area (Å²) in [5.41, 5.74) is 3.24. The summed E-state index contributed by atoms with van der Waals surface area (Å²) in [5.74, 6) is 11.5. The number of rotatable bonds is 3. The van der Waals surface area contributed by atoms with E-state index in [1.807, 2.05) is 36.4 Å². The zero-order valence-electron chi connectivity index (χ0n) is 27.1. The van der Waals surface area contributed by atoms with Crippen LogP contribution in [0.1, 0.15) is 47.9 Å². The Hall–Kier alpha value is -3.41. The molecule has 10 atom stereocenters. The Kier molecular flexibility index (Phi) is 9.31. The number of aliphatic hydroxyl groups excluding tert-OH is 8. The molecular formula is C37H41NO12. The van der Waals surface area contributed by atoms with E-state index in [0.717, 1.165) is 22.3 Å². The van der Waals surface area contributed by atoms with Gasteiger partial charge in [0.15, 0.2) is 0 Å². The van der Waals surface area contributed by atoms with Gasteiger partial charge in [-0.25, -0.2) is 0 Å². The molecule has 4 fully saturated rings. The second kappa shape index (κ2) is 13.3.